The maximum absolute atomic E-state index is 4.12. The molecule has 0 atom stereocenters. The predicted octanol–water partition coefficient (Wildman–Crippen LogP) is 7.81. The highest BCUT2D eigenvalue weighted by molar-refractivity contribution is 5.82. The van der Waals surface area contributed by atoms with Crippen LogP contribution in [0.2, 0.25) is 0 Å². The van der Waals surface area contributed by atoms with Gasteiger partial charge in [0.25, 0.3) is 0 Å². The fraction of sp³-hybridized carbons (Fsp3) is 0.462. The van der Waals surface area contributed by atoms with E-state index < -0.39 is 0 Å². The van der Waals surface area contributed by atoms with E-state index in [9.17, 15) is 0 Å². The largest absolute Gasteiger partial charge is 0.0988 e. The van der Waals surface area contributed by atoms with Gasteiger partial charge in [-0.25, -0.2) is 0 Å². The van der Waals surface area contributed by atoms with Crippen LogP contribution in [-0.2, 0) is 11.8 Å². The van der Waals surface area contributed by atoms with Crippen molar-refractivity contribution >= 4 is 5.57 Å². The molecule has 0 nitrogen and oxygen atoms in total. The molecule has 0 aromatic heterocycles. The monoisotopic (exact) mass is 348 g/mol. The quantitative estimate of drug-likeness (QED) is 0.460. The molecule has 1 aliphatic rings. The summed E-state index contributed by atoms with van der Waals surface area (Å²) in [5.41, 5.74) is 8.65. The molecule has 0 aliphatic heterocycles. The normalized spacial score (nSPS) is 15.7. The number of fused-ring (bicyclic) bond motifs is 1. The fourth-order valence-electron chi connectivity index (χ4n) is 3.83. The maximum atomic E-state index is 4.12. The Morgan fingerprint density at radius 2 is 1.69 bits per heavy atom. The van der Waals surface area contributed by atoms with Gasteiger partial charge in [0.2, 0.25) is 0 Å². The van der Waals surface area contributed by atoms with Crippen LogP contribution < -0.4 is 0 Å². The van der Waals surface area contributed by atoms with Gasteiger partial charge in [-0.05, 0) is 69.9 Å². The molecule has 2 rings (SSSR count). The number of benzene rings is 1. The van der Waals surface area contributed by atoms with Crippen LogP contribution in [-0.4, -0.2) is 0 Å². The summed E-state index contributed by atoms with van der Waals surface area (Å²) >= 11 is 0. The van der Waals surface area contributed by atoms with Crippen molar-refractivity contribution in [2.45, 2.75) is 72.6 Å². The van der Waals surface area contributed by atoms with Gasteiger partial charge in [0.15, 0.2) is 0 Å². The minimum absolute atomic E-state index is 0.106. The van der Waals surface area contributed by atoms with Crippen LogP contribution in [0.25, 0.3) is 5.57 Å². The zero-order chi connectivity index (χ0) is 19.5. The molecule has 0 radical (unpaired) electrons. The Kier molecular flexibility index (Phi) is 6.17. The summed E-state index contributed by atoms with van der Waals surface area (Å²) in [4.78, 5) is 0. The Morgan fingerprint density at radius 1 is 1.04 bits per heavy atom. The molecule has 0 heteroatoms. The first-order chi connectivity index (χ1) is 12.2. The summed E-state index contributed by atoms with van der Waals surface area (Å²) < 4.78 is 0. The van der Waals surface area contributed by atoms with Crippen molar-refractivity contribution in [3.63, 3.8) is 0 Å². The van der Waals surface area contributed by atoms with E-state index in [2.05, 4.69) is 79.0 Å². The van der Waals surface area contributed by atoms with E-state index in [-0.39, 0.29) is 10.8 Å². The molecule has 0 spiro atoms. The second-order valence-electron chi connectivity index (χ2n) is 8.84. The Labute approximate surface area is 161 Å². The lowest BCUT2D eigenvalue weighted by Crippen LogP contribution is -2.20. The third-order valence-electron chi connectivity index (χ3n) is 6.28. The highest BCUT2D eigenvalue weighted by Gasteiger charge is 2.25. The lowest BCUT2D eigenvalue weighted by atomic mass is 9.75. The Hall–Kier alpha value is -1.82. The molecule has 0 heterocycles. The van der Waals surface area contributed by atoms with Crippen LogP contribution in [0.5, 0.6) is 0 Å². The first-order valence-corrected chi connectivity index (χ1v) is 10.0. The molecule has 1 aliphatic carbocycles. The van der Waals surface area contributed by atoms with Crippen LogP contribution >= 0.6 is 0 Å². The van der Waals surface area contributed by atoms with Crippen LogP contribution in [0.3, 0.4) is 0 Å². The van der Waals surface area contributed by atoms with Crippen LogP contribution in [0, 0.1) is 5.41 Å². The maximum Gasteiger partial charge on any atom is -0.00804 e. The molecule has 0 saturated carbocycles. The zero-order valence-corrected chi connectivity index (χ0v) is 17.7. The second kappa shape index (κ2) is 7.82. The van der Waals surface area contributed by atoms with Crippen molar-refractivity contribution in [2.24, 2.45) is 5.41 Å². The highest BCUT2D eigenvalue weighted by Crippen LogP contribution is 2.39. The van der Waals surface area contributed by atoms with Gasteiger partial charge in [-0.15, -0.1) is 0 Å². The Balaban J connectivity index is 2.56. The van der Waals surface area contributed by atoms with Gasteiger partial charge in [0, 0.05) is 0 Å². The van der Waals surface area contributed by atoms with E-state index in [0.717, 1.165) is 12.8 Å². The third-order valence-corrected chi connectivity index (χ3v) is 6.28. The number of hydrogen-bond donors (Lipinski definition) is 0. The first kappa shape index (κ1) is 20.5. The van der Waals surface area contributed by atoms with E-state index in [1.54, 1.807) is 0 Å². The van der Waals surface area contributed by atoms with E-state index in [1.807, 2.05) is 12.2 Å². The van der Waals surface area contributed by atoms with Crippen molar-refractivity contribution < 1.29 is 0 Å². The van der Waals surface area contributed by atoms with Crippen LogP contribution in [0.4, 0.5) is 0 Å². The van der Waals surface area contributed by atoms with E-state index in [4.69, 9.17) is 0 Å². The molecule has 140 valence electrons. The van der Waals surface area contributed by atoms with Crippen molar-refractivity contribution in [2.75, 3.05) is 0 Å². The molecule has 0 N–H and O–H groups in total. The van der Waals surface area contributed by atoms with Gasteiger partial charge in [-0.3, -0.25) is 0 Å². The lowest BCUT2D eigenvalue weighted by molar-refractivity contribution is 0.438. The van der Waals surface area contributed by atoms with Gasteiger partial charge in [0.1, 0.15) is 0 Å². The average molecular weight is 349 g/mol. The summed E-state index contributed by atoms with van der Waals surface area (Å²) in [5.74, 6) is 0. The Bertz CT molecular complexity index is 743. The fourth-order valence-corrected chi connectivity index (χ4v) is 3.83. The van der Waals surface area contributed by atoms with Crippen molar-refractivity contribution in [1.29, 1.82) is 0 Å². The average Bonchev–Trinajstić information content (AvgIpc) is 2.63. The van der Waals surface area contributed by atoms with Gasteiger partial charge in [-0.2, -0.15) is 0 Å². The van der Waals surface area contributed by atoms with Crippen LogP contribution in [0.15, 0.2) is 60.7 Å². The molecule has 0 bridgehead atoms. The number of allylic oxidation sites excluding steroid dienone is 6. The van der Waals surface area contributed by atoms with E-state index >= 15 is 0 Å². The van der Waals surface area contributed by atoms with E-state index in [1.165, 1.54) is 46.3 Å². The van der Waals surface area contributed by atoms with Crippen molar-refractivity contribution in [3.05, 3.63) is 77.4 Å². The summed E-state index contributed by atoms with van der Waals surface area (Å²) in [7, 11) is 0. The zero-order valence-electron chi connectivity index (χ0n) is 17.7. The van der Waals surface area contributed by atoms with E-state index in [0.29, 0.717) is 0 Å². The summed E-state index contributed by atoms with van der Waals surface area (Å²) in [6.45, 7) is 21.9. The molecule has 0 amide bonds. The molecule has 1 aromatic carbocycles. The van der Waals surface area contributed by atoms with Gasteiger partial charge >= 0.3 is 0 Å². The molecule has 26 heavy (non-hydrogen) atoms. The van der Waals surface area contributed by atoms with Crippen LogP contribution in [0.1, 0.15) is 77.5 Å². The summed E-state index contributed by atoms with van der Waals surface area (Å²) in [5, 5.41) is 0. The van der Waals surface area contributed by atoms with Crippen molar-refractivity contribution in [1.82, 2.24) is 0 Å². The van der Waals surface area contributed by atoms with Gasteiger partial charge < -0.3 is 0 Å². The Morgan fingerprint density at radius 3 is 2.19 bits per heavy atom. The SMILES string of the molecule is C=CC1=C(/C=C(\C=C)C(C)(C)C)CCc2cc(C(C)(CC)CC)ccc21. The lowest BCUT2D eigenvalue weighted by Gasteiger charge is -2.30. The molecular formula is C26H36. The van der Waals surface area contributed by atoms with Crippen molar-refractivity contribution in [3.8, 4) is 0 Å². The minimum Gasteiger partial charge on any atom is -0.0988 e. The molecule has 1 aromatic rings. The van der Waals surface area contributed by atoms with Gasteiger partial charge in [-0.1, -0.05) is 91.1 Å². The molecule has 0 fully saturated rings. The summed E-state index contributed by atoms with van der Waals surface area (Å²) in [6, 6.07) is 7.10. The number of hydrogen-bond acceptors (Lipinski definition) is 0. The first-order valence-electron chi connectivity index (χ1n) is 10.0. The second-order valence-corrected chi connectivity index (χ2v) is 8.84. The number of aryl methyl sites for hydroxylation is 1. The molecule has 0 unspecified atom stereocenters. The smallest absolute Gasteiger partial charge is 0.00804 e. The molecular weight excluding hydrogens is 312 g/mol. The standard InChI is InChI=1S/C26H36/c1-9-21(25(5,6)7)17-19-13-14-20-18-22(26(8,11-3)12-4)15-16-24(20)23(19)10-2/h9-10,15-18H,1-2,11-14H2,3-8H3/b21-17+. The third kappa shape index (κ3) is 3.95. The predicted molar refractivity (Wildman–Crippen MR) is 118 cm³/mol. The minimum atomic E-state index is 0.106. The highest BCUT2D eigenvalue weighted by atomic mass is 14.3. The molecule has 0 saturated heterocycles. The number of rotatable bonds is 6. The van der Waals surface area contributed by atoms with Gasteiger partial charge in [0.05, 0.1) is 0 Å². The topological polar surface area (TPSA) is 0 Å². The summed E-state index contributed by atoms with van der Waals surface area (Å²) in [6.07, 6.45) is 10.9.